The summed E-state index contributed by atoms with van der Waals surface area (Å²) in [5.74, 6) is 1.86. The lowest BCUT2D eigenvalue weighted by Crippen LogP contribution is -2.23. The fourth-order valence-electron chi connectivity index (χ4n) is 2.35. The van der Waals surface area contributed by atoms with Gasteiger partial charge < -0.3 is 14.4 Å². The third-order valence-electron chi connectivity index (χ3n) is 4.01. The van der Waals surface area contributed by atoms with Crippen LogP contribution >= 0.6 is 0 Å². The summed E-state index contributed by atoms with van der Waals surface area (Å²) in [5, 5.41) is 10.1. The summed E-state index contributed by atoms with van der Waals surface area (Å²) in [5.41, 5.74) is 0. The van der Waals surface area contributed by atoms with Crippen molar-refractivity contribution >= 4 is 5.91 Å². The number of nitrogens with zero attached hydrogens (tertiary/aromatic N) is 5. The van der Waals surface area contributed by atoms with E-state index < -0.39 is 0 Å². The molecular weight excluding hydrogens is 300 g/mol. The van der Waals surface area contributed by atoms with E-state index in [0.717, 1.165) is 25.3 Å². The van der Waals surface area contributed by atoms with Gasteiger partial charge in [0.25, 0.3) is 11.7 Å². The molecule has 1 N–H and O–H groups in total. The second-order valence-corrected chi connectivity index (χ2v) is 5.57. The van der Waals surface area contributed by atoms with Gasteiger partial charge in [-0.05, 0) is 19.4 Å². The Hall–Kier alpha value is -2.29. The second kappa shape index (κ2) is 6.86. The van der Waals surface area contributed by atoms with Crippen molar-refractivity contribution in [2.45, 2.75) is 45.2 Å². The molecule has 1 amide bonds. The van der Waals surface area contributed by atoms with Gasteiger partial charge in [0.05, 0.1) is 13.1 Å². The predicted molar refractivity (Wildman–Crippen MR) is 78.4 cm³/mol. The molecule has 0 aliphatic heterocycles. The van der Waals surface area contributed by atoms with Crippen molar-refractivity contribution in [2.75, 3.05) is 13.6 Å². The molecule has 0 spiro atoms. The molecule has 0 saturated heterocycles. The van der Waals surface area contributed by atoms with Crippen molar-refractivity contribution in [3.05, 3.63) is 23.4 Å². The molecule has 9 nitrogen and oxygen atoms in total. The van der Waals surface area contributed by atoms with Crippen molar-refractivity contribution in [1.29, 1.82) is 0 Å². The maximum atomic E-state index is 11.4. The summed E-state index contributed by atoms with van der Waals surface area (Å²) in [7, 11) is 1.52. The molecule has 0 radical (unpaired) electrons. The molecule has 0 bridgehead atoms. The summed E-state index contributed by atoms with van der Waals surface area (Å²) in [6.07, 6.45) is 3.49. The van der Waals surface area contributed by atoms with Crippen molar-refractivity contribution in [1.82, 2.24) is 30.5 Å². The standard InChI is InChI=1S/C14H20N6O3/c1-3-20(8-11-17-12(19-22-11)13(21)15-2)7-10-16-14(23-18-10)9-5-4-6-9/h9H,3-8H2,1-2H3,(H,15,21). The molecular formula is C14H20N6O3. The fraction of sp³-hybridized carbons (Fsp3) is 0.643. The van der Waals surface area contributed by atoms with Gasteiger partial charge >= 0.3 is 0 Å². The Morgan fingerprint density at radius 2 is 2.09 bits per heavy atom. The van der Waals surface area contributed by atoms with Gasteiger partial charge in [0.2, 0.25) is 11.8 Å². The van der Waals surface area contributed by atoms with Gasteiger partial charge in [-0.2, -0.15) is 9.97 Å². The summed E-state index contributed by atoms with van der Waals surface area (Å²) < 4.78 is 10.4. The minimum atomic E-state index is -0.369. The maximum Gasteiger partial charge on any atom is 0.292 e. The molecule has 1 fully saturated rings. The molecule has 23 heavy (non-hydrogen) atoms. The Balaban J connectivity index is 1.60. The minimum Gasteiger partial charge on any atom is -0.352 e. The highest BCUT2D eigenvalue weighted by Crippen LogP contribution is 2.35. The average Bonchev–Trinajstić information content (AvgIpc) is 3.14. The van der Waals surface area contributed by atoms with Gasteiger partial charge in [0.1, 0.15) is 0 Å². The van der Waals surface area contributed by atoms with Gasteiger partial charge in [-0.1, -0.05) is 23.7 Å². The number of hydrogen-bond acceptors (Lipinski definition) is 8. The Bertz CT molecular complexity index is 663. The fourth-order valence-corrected chi connectivity index (χ4v) is 2.35. The van der Waals surface area contributed by atoms with Crippen molar-refractivity contribution < 1.29 is 13.8 Å². The van der Waals surface area contributed by atoms with Gasteiger partial charge in [-0.15, -0.1) is 0 Å². The van der Waals surface area contributed by atoms with E-state index in [2.05, 4.69) is 25.6 Å². The quantitative estimate of drug-likeness (QED) is 0.807. The molecule has 1 saturated carbocycles. The Labute approximate surface area is 133 Å². The lowest BCUT2D eigenvalue weighted by Gasteiger charge is -2.20. The average molecular weight is 320 g/mol. The SMILES string of the molecule is CCN(Cc1noc(C2CCC2)n1)Cc1nc(C(=O)NC)no1. The van der Waals surface area contributed by atoms with Crippen LogP contribution in [0.1, 0.15) is 60.3 Å². The number of nitrogens with one attached hydrogen (secondary N) is 1. The van der Waals surface area contributed by atoms with E-state index in [1.54, 1.807) is 0 Å². The highest BCUT2D eigenvalue weighted by atomic mass is 16.5. The first-order chi connectivity index (χ1) is 11.2. The molecule has 1 aliphatic carbocycles. The number of hydrogen-bond donors (Lipinski definition) is 1. The maximum absolute atomic E-state index is 11.4. The van der Waals surface area contributed by atoms with E-state index in [-0.39, 0.29) is 11.7 Å². The summed E-state index contributed by atoms with van der Waals surface area (Å²) in [4.78, 5) is 22.0. The van der Waals surface area contributed by atoms with Crippen LogP contribution in [0.15, 0.2) is 9.05 Å². The van der Waals surface area contributed by atoms with E-state index in [9.17, 15) is 4.79 Å². The summed E-state index contributed by atoms with van der Waals surface area (Å²) in [6, 6.07) is 0. The molecule has 2 heterocycles. The van der Waals surface area contributed by atoms with Crippen LogP contribution in [0.2, 0.25) is 0 Å². The number of carbonyl (C=O) groups excluding carboxylic acids is 1. The minimum absolute atomic E-state index is 0.0328. The molecule has 1 aliphatic rings. The molecule has 3 rings (SSSR count). The Kier molecular flexibility index (Phi) is 4.65. The first kappa shape index (κ1) is 15.6. The van der Waals surface area contributed by atoms with Crippen LogP contribution in [0.3, 0.4) is 0 Å². The lowest BCUT2D eigenvalue weighted by molar-refractivity contribution is 0.0950. The van der Waals surface area contributed by atoms with Crippen LogP contribution in [0.5, 0.6) is 0 Å². The van der Waals surface area contributed by atoms with Gasteiger partial charge in [0.15, 0.2) is 5.82 Å². The second-order valence-electron chi connectivity index (χ2n) is 5.57. The number of amides is 1. The summed E-state index contributed by atoms with van der Waals surface area (Å²) in [6.45, 7) is 3.73. The van der Waals surface area contributed by atoms with Crippen LogP contribution < -0.4 is 5.32 Å². The largest absolute Gasteiger partial charge is 0.352 e. The first-order valence-electron chi connectivity index (χ1n) is 7.79. The van der Waals surface area contributed by atoms with Crippen LogP contribution in [0.25, 0.3) is 0 Å². The Morgan fingerprint density at radius 3 is 2.74 bits per heavy atom. The molecule has 0 aromatic carbocycles. The zero-order valence-electron chi connectivity index (χ0n) is 13.3. The van der Waals surface area contributed by atoms with Crippen molar-refractivity contribution in [2.24, 2.45) is 0 Å². The Morgan fingerprint density at radius 1 is 1.26 bits per heavy atom. The number of aromatic nitrogens is 4. The van der Waals surface area contributed by atoms with Crippen molar-refractivity contribution in [3.8, 4) is 0 Å². The number of carbonyl (C=O) groups is 1. The molecule has 9 heteroatoms. The van der Waals surface area contributed by atoms with E-state index in [0.29, 0.717) is 30.7 Å². The van der Waals surface area contributed by atoms with Gasteiger partial charge in [0, 0.05) is 13.0 Å². The van der Waals surface area contributed by atoms with Crippen LogP contribution in [-0.4, -0.2) is 44.7 Å². The summed E-state index contributed by atoms with van der Waals surface area (Å²) >= 11 is 0. The van der Waals surface area contributed by atoms with E-state index in [1.807, 2.05) is 11.8 Å². The number of rotatable bonds is 7. The predicted octanol–water partition coefficient (Wildman–Crippen LogP) is 1.10. The van der Waals surface area contributed by atoms with E-state index >= 15 is 0 Å². The van der Waals surface area contributed by atoms with Crippen LogP contribution in [-0.2, 0) is 13.1 Å². The molecule has 2 aromatic rings. The molecule has 0 unspecified atom stereocenters. The third-order valence-corrected chi connectivity index (χ3v) is 4.01. The van der Waals surface area contributed by atoms with Gasteiger partial charge in [-0.3, -0.25) is 9.69 Å². The topological polar surface area (TPSA) is 110 Å². The van der Waals surface area contributed by atoms with Crippen molar-refractivity contribution in [3.63, 3.8) is 0 Å². The normalized spacial score (nSPS) is 14.9. The lowest BCUT2D eigenvalue weighted by atomic mass is 9.85. The molecule has 124 valence electrons. The van der Waals surface area contributed by atoms with Gasteiger partial charge in [-0.25, -0.2) is 0 Å². The van der Waals surface area contributed by atoms with E-state index in [1.165, 1.54) is 13.5 Å². The molecule has 2 aromatic heterocycles. The first-order valence-corrected chi connectivity index (χ1v) is 7.79. The smallest absolute Gasteiger partial charge is 0.292 e. The highest BCUT2D eigenvalue weighted by Gasteiger charge is 2.25. The third kappa shape index (κ3) is 3.55. The van der Waals surface area contributed by atoms with Crippen LogP contribution in [0.4, 0.5) is 0 Å². The molecule has 0 atom stereocenters. The highest BCUT2D eigenvalue weighted by molar-refractivity contribution is 5.89. The zero-order chi connectivity index (χ0) is 16.2. The van der Waals surface area contributed by atoms with E-state index in [4.69, 9.17) is 9.05 Å². The zero-order valence-corrected chi connectivity index (χ0v) is 13.3. The monoisotopic (exact) mass is 320 g/mol. The van der Waals surface area contributed by atoms with Crippen LogP contribution in [0, 0.1) is 0 Å².